The molecule has 3 heteroatoms. The zero-order valence-electron chi connectivity index (χ0n) is 10.5. The van der Waals surface area contributed by atoms with Gasteiger partial charge in [0.05, 0.1) is 5.41 Å². The summed E-state index contributed by atoms with van der Waals surface area (Å²) in [4.78, 5) is 12.0. The van der Waals surface area contributed by atoms with Crippen LogP contribution in [-0.4, -0.2) is 14.3 Å². The molecule has 0 spiro atoms. The van der Waals surface area contributed by atoms with E-state index >= 15 is 0 Å². The molecule has 0 aliphatic heterocycles. The van der Waals surface area contributed by atoms with Gasteiger partial charge in [0.1, 0.15) is 0 Å². The third-order valence-corrected chi connectivity index (χ3v) is 3.50. The summed E-state index contributed by atoms with van der Waals surface area (Å²) in [7, 11) is -1.75. The van der Waals surface area contributed by atoms with Crippen molar-refractivity contribution < 1.29 is 9.22 Å². The van der Waals surface area contributed by atoms with Gasteiger partial charge < -0.3 is 4.43 Å². The lowest BCUT2D eigenvalue weighted by Crippen LogP contribution is -2.38. The Balaban J connectivity index is 2.78. The van der Waals surface area contributed by atoms with Gasteiger partial charge in [0.2, 0.25) is 8.32 Å². The lowest BCUT2D eigenvalue weighted by molar-refractivity contribution is -0.143. The first-order valence-electron chi connectivity index (χ1n) is 5.65. The average Bonchev–Trinajstić information content (AvgIpc) is 2.00. The minimum absolute atomic E-state index is 0.0271. The van der Waals surface area contributed by atoms with Crippen molar-refractivity contribution in [2.75, 3.05) is 0 Å². The van der Waals surface area contributed by atoms with Gasteiger partial charge >= 0.3 is 5.97 Å². The highest BCUT2D eigenvalue weighted by Gasteiger charge is 2.36. The van der Waals surface area contributed by atoms with E-state index in [1.54, 1.807) is 0 Å². The summed E-state index contributed by atoms with van der Waals surface area (Å²) in [5, 5.41) is 0. The van der Waals surface area contributed by atoms with Crippen LogP contribution in [0.4, 0.5) is 0 Å². The third-order valence-electron chi connectivity index (χ3n) is 2.70. The molecule has 2 nitrogen and oxygen atoms in total. The van der Waals surface area contributed by atoms with Crippen LogP contribution in [0.15, 0.2) is 11.6 Å². The van der Waals surface area contributed by atoms with E-state index in [1.807, 2.05) is 26.6 Å². The summed E-state index contributed by atoms with van der Waals surface area (Å²) < 4.78 is 5.58. The molecule has 1 aliphatic rings. The van der Waals surface area contributed by atoms with E-state index in [1.165, 1.54) is 5.57 Å². The second-order valence-electron chi connectivity index (χ2n) is 5.76. The first-order valence-corrected chi connectivity index (χ1v) is 9.06. The molecule has 15 heavy (non-hydrogen) atoms. The Hall–Kier alpha value is -0.573. The Labute approximate surface area is 93.8 Å². The Bertz CT molecular complexity index is 288. The van der Waals surface area contributed by atoms with E-state index in [-0.39, 0.29) is 11.4 Å². The van der Waals surface area contributed by atoms with Gasteiger partial charge in [-0.25, -0.2) is 0 Å². The van der Waals surface area contributed by atoms with Crippen molar-refractivity contribution in [3.63, 3.8) is 0 Å². The standard InChI is InChI=1S/C12H22O2Si/c1-10-7-6-8-12(2,9-10)11(13)14-15(3,4)5/h9H,6-8H2,1-5H3. The number of carbonyl (C=O) groups excluding carboxylic acids is 1. The Morgan fingerprint density at radius 3 is 2.53 bits per heavy atom. The molecule has 0 aromatic carbocycles. The second-order valence-corrected chi connectivity index (χ2v) is 10.2. The Kier molecular flexibility index (Phi) is 3.43. The van der Waals surface area contributed by atoms with Crippen LogP contribution in [-0.2, 0) is 9.22 Å². The van der Waals surface area contributed by atoms with Gasteiger partial charge in [-0.1, -0.05) is 11.6 Å². The molecule has 0 saturated heterocycles. The van der Waals surface area contributed by atoms with E-state index in [4.69, 9.17) is 4.43 Å². The van der Waals surface area contributed by atoms with Crippen LogP contribution < -0.4 is 0 Å². The molecule has 1 aliphatic carbocycles. The SMILES string of the molecule is CC1=CC(C)(C(=O)O[Si](C)(C)C)CCC1. The minimum Gasteiger partial charge on any atom is -0.519 e. The van der Waals surface area contributed by atoms with E-state index in [0.29, 0.717) is 0 Å². The molecule has 0 fully saturated rings. The van der Waals surface area contributed by atoms with E-state index in [9.17, 15) is 4.79 Å². The fourth-order valence-electron chi connectivity index (χ4n) is 1.98. The second kappa shape index (κ2) is 4.12. The first kappa shape index (κ1) is 12.5. The molecule has 1 unspecified atom stereocenters. The maximum absolute atomic E-state index is 12.0. The number of hydrogen-bond donors (Lipinski definition) is 0. The van der Waals surface area contributed by atoms with Gasteiger partial charge in [-0.05, 0) is 52.8 Å². The van der Waals surface area contributed by atoms with Crippen molar-refractivity contribution >= 4 is 14.3 Å². The van der Waals surface area contributed by atoms with Crippen molar-refractivity contribution in [1.82, 2.24) is 0 Å². The van der Waals surface area contributed by atoms with Crippen molar-refractivity contribution in [3.05, 3.63) is 11.6 Å². The van der Waals surface area contributed by atoms with Gasteiger partial charge in [-0.3, -0.25) is 4.79 Å². The number of hydrogen-bond acceptors (Lipinski definition) is 2. The first-order chi connectivity index (χ1) is 6.73. The smallest absolute Gasteiger partial charge is 0.302 e. The molecular weight excluding hydrogens is 204 g/mol. The average molecular weight is 226 g/mol. The summed E-state index contributed by atoms with van der Waals surface area (Å²) in [6.45, 7) is 10.2. The third kappa shape index (κ3) is 3.49. The monoisotopic (exact) mass is 226 g/mol. The summed E-state index contributed by atoms with van der Waals surface area (Å²) in [6.07, 6.45) is 5.24. The fourth-order valence-corrected chi connectivity index (χ4v) is 2.77. The van der Waals surface area contributed by atoms with Gasteiger partial charge in [-0.15, -0.1) is 0 Å². The molecule has 0 amide bonds. The molecule has 86 valence electrons. The zero-order valence-corrected chi connectivity index (χ0v) is 11.5. The van der Waals surface area contributed by atoms with Crippen LogP contribution >= 0.6 is 0 Å². The number of allylic oxidation sites excluding steroid dienone is 1. The zero-order chi connectivity index (χ0) is 11.7. The fraction of sp³-hybridized carbons (Fsp3) is 0.750. The highest BCUT2D eigenvalue weighted by molar-refractivity contribution is 6.71. The van der Waals surface area contributed by atoms with Gasteiger partial charge in [-0.2, -0.15) is 0 Å². The molecule has 0 aromatic rings. The van der Waals surface area contributed by atoms with Crippen molar-refractivity contribution in [2.45, 2.75) is 52.8 Å². The summed E-state index contributed by atoms with van der Waals surface area (Å²) in [5.41, 5.74) is 0.944. The molecule has 1 atom stereocenters. The molecule has 0 saturated carbocycles. The lowest BCUT2D eigenvalue weighted by atomic mass is 9.78. The van der Waals surface area contributed by atoms with E-state index in [2.05, 4.69) is 13.0 Å². The van der Waals surface area contributed by atoms with Crippen molar-refractivity contribution in [3.8, 4) is 0 Å². The molecular formula is C12H22O2Si. The van der Waals surface area contributed by atoms with Crippen molar-refractivity contribution in [2.24, 2.45) is 5.41 Å². The van der Waals surface area contributed by atoms with Gasteiger partial charge in [0.25, 0.3) is 0 Å². The quantitative estimate of drug-likeness (QED) is 0.532. The number of carbonyl (C=O) groups is 1. The predicted molar refractivity (Wildman–Crippen MR) is 65.2 cm³/mol. The minimum atomic E-state index is -1.75. The van der Waals surface area contributed by atoms with Crippen LogP contribution in [0.2, 0.25) is 19.6 Å². The van der Waals surface area contributed by atoms with Crippen molar-refractivity contribution in [1.29, 1.82) is 0 Å². The largest absolute Gasteiger partial charge is 0.519 e. The number of rotatable bonds is 2. The molecule has 0 N–H and O–H groups in total. The maximum atomic E-state index is 12.0. The Morgan fingerprint density at radius 2 is 2.07 bits per heavy atom. The van der Waals surface area contributed by atoms with Crippen LogP contribution in [0, 0.1) is 5.41 Å². The Morgan fingerprint density at radius 1 is 1.47 bits per heavy atom. The summed E-state index contributed by atoms with van der Waals surface area (Å²) >= 11 is 0. The van der Waals surface area contributed by atoms with Gasteiger partial charge in [0, 0.05) is 0 Å². The van der Waals surface area contributed by atoms with E-state index < -0.39 is 8.32 Å². The molecule has 0 radical (unpaired) electrons. The lowest BCUT2D eigenvalue weighted by Gasteiger charge is -2.31. The van der Waals surface area contributed by atoms with Crippen LogP contribution in [0.25, 0.3) is 0 Å². The highest BCUT2D eigenvalue weighted by atomic mass is 28.4. The van der Waals surface area contributed by atoms with E-state index in [0.717, 1.165) is 19.3 Å². The summed E-state index contributed by atoms with van der Waals surface area (Å²) in [6, 6.07) is 0. The topological polar surface area (TPSA) is 26.3 Å². The maximum Gasteiger partial charge on any atom is 0.302 e. The predicted octanol–water partition coefficient (Wildman–Crippen LogP) is 3.50. The van der Waals surface area contributed by atoms with Crippen LogP contribution in [0.3, 0.4) is 0 Å². The highest BCUT2D eigenvalue weighted by Crippen LogP contribution is 2.35. The molecule has 1 rings (SSSR count). The summed E-state index contributed by atoms with van der Waals surface area (Å²) in [5.74, 6) is -0.0271. The van der Waals surface area contributed by atoms with Crippen LogP contribution in [0.5, 0.6) is 0 Å². The molecule has 0 aromatic heterocycles. The van der Waals surface area contributed by atoms with Gasteiger partial charge in [0.15, 0.2) is 0 Å². The van der Waals surface area contributed by atoms with Crippen LogP contribution in [0.1, 0.15) is 33.1 Å². The molecule has 0 heterocycles. The normalized spacial score (nSPS) is 27.1. The molecule has 0 bridgehead atoms.